The summed E-state index contributed by atoms with van der Waals surface area (Å²) < 4.78 is 26.4. The van der Waals surface area contributed by atoms with Gasteiger partial charge in [-0.15, -0.1) is 0 Å². The van der Waals surface area contributed by atoms with Crippen molar-refractivity contribution in [2.45, 2.75) is 81.7 Å². The lowest BCUT2D eigenvalue weighted by Gasteiger charge is -2.38. The Bertz CT molecular complexity index is 1620. The molecule has 0 bridgehead atoms. The van der Waals surface area contributed by atoms with Gasteiger partial charge >= 0.3 is 7.60 Å². The summed E-state index contributed by atoms with van der Waals surface area (Å²) in [6, 6.07) is 18.7. The lowest BCUT2D eigenvalue weighted by molar-refractivity contribution is -0.139. The van der Waals surface area contributed by atoms with E-state index >= 15 is 4.39 Å². The minimum atomic E-state index is -4.26. The molecule has 11 nitrogen and oxygen atoms in total. The van der Waals surface area contributed by atoms with Gasteiger partial charge in [0.25, 0.3) is 5.91 Å². The van der Waals surface area contributed by atoms with Crippen molar-refractivity contribution in [2.75, 3.05) is 6.54 Å². The van der Waals surface area contributed by atoms with Crippen molar-refractivity contribution in [3.63, 3.8) is 0 Å². The number of carbonyl (C=O) groups excluding carboxylic acids is 4. The third-order valence-corrected chi connectivity index (χ3v) is 9.22. The Morgan fingerprint density at radius 3 is 2.23 bits per heavy atom. The van der Waals surface area contributed by atoms with E-state index in [4.69, 9.17) is 15.5 Å². The fourth-order valence-corrected chi connectivity index (χ4v) is 6.71. The molecule has 3 aromatic rings. The van der Waals surface area contributed by atoms with Crippen LogP contribution in [-0.4, -0.2) is 57.7 Å². The predicted molar refractivity (Wildman–Crippen MR) is 176 cm³/mol. The summed E-state index contributed by atoms with van der Waals surface area (Å²) in [5, 5.41) is 10.2. The van der Waals surface area contributed by atoms with Crippen LogP contribution in [0, 0.1) is 0 Å². The average molecular weight is 669 g/mol. The normalized spacial score (nSPS) is 15.7. The van der Waals surface area contributed by atoms with Gasteiger partial charge < -0.3 is 31.5 Å². The van der Waals surface area contributed by atoms with E-state index < -0.39 is 61.6 Å². The predicted octanol–water partition coefficient (Wildman–Crippen LogP) is 3.33. The van der Waals surface area contributed by atoms with E-state index in [0.717, 1.165) is 22.8 Å². The number of nitrogens with one attached hydrogen (secondary N) is 3. The summed E-state index contributed by atoms with van der Waals surface area (Å²) in [6.45, 7) is 0.291. The molecule has 2 atom stereocenters. The summed E-state index contributed by atoms with van der Waals surface area (Å²) in [7, 11) is -4.26. The van der Waals surface area contributed by atoms with Crippen LogP contribution < -0.4 is 21.7 Å². The van der Waals surface area contributed by atoms with Gasteiger partial charge in [-0.25, -0.2) is 4.39 Å². The Labute approximate surface area is 273 Å². The van der Waals surface area contributed by atoms with Crippen LogP contribution in [0.4, 0.5) is 4.39 Å². The fraction of sp³-hybridized carbons (Fsp3) is 0.412. The van der Waals surface area contributed by atoms with Gasteiger partial charge in [-0.05, 0) is 53.1 Å². The van der Waals surface area contributed by atoms with Crippen molar-refractivity contribution in [2.24, 2.45) is 5.73 Å². The van der Waals surface area contributed by atoms with Gasteiger partial charge in [-0.1, -0.05) is 86.0 Å². The summed E-state index contributed by atoms with van der Waals surface area (Å²) in [5.41, 5.74) is 5.88. The molecule has 0 heterocycles. The number of rotatable bonds is 15. The second-order valence-corrected chi connectivity index (χ2v) is 13.8. The molecule has 7 N–H and O–H groups in total. The maximum absolute atomic E-state index is 15.2. The molecule has 1 saturated carbocycles. The van der Waals surface area contributed by atoms with Crippen LogP contribution in [0.3, 0.4) is 0 Å². The van der Waals surface area contributed by atoms with Gasteiger partial charge in [0.05, 0.1) is 12.6 Å². The molecule has 0 aromatic heterocycles. The Kier molecular flexibility index (Phi) is 12.3. The second-order valence-electron chi connectivity index (χ2n) is 12.2. The van der Waals surface area contributed by atoms with Crippen LogP contribution >= 0.6 is 7.60 Å². The topological polar surface area (TPSA) is 188 Å². The van der Waals surface area contributed by atoms with Gasteiger partial charge in [0, 0.05) is 13.0 Å². The zero-order chi connectivity index (χ0) is 34.0. The molecule has 0 saturated heterocycles. The number of nitrogens with two attached hydrogens (primary N) is 1. The van der Waals surface area contributed by atoms with Gasteiger partial charge in [0.1, 0.15) is 11.6 Å². The van der Waals surface area contributed by atoms with Crippen LogP contribution in [0.1, 0.15) is 61.6 Å². The fourth-order valence-electron chi connectivity index (χ4n) is 6.03. The second kappa shape index (κ2) is 16.1. The molecular weight excluding hydrogens is 626 g/mol. The number of amides is 4. The Morgan fingerprint density at radius 1 is 0.894 bits per heavy atom. The first-order chi connectivity index (χ1) is 22.3. The zero-order valence-electron chi connectivity index (χ0n) is 26.1. The highest BCUT2D eigenvalue weighted by molar-refractivity contribution is 7.50. The molecule has 4 amide bonds. The van der Waals surface area contributed by atoms with E-state index in [9.17, 15) is 23.7 Å². The molecule has 0 unspecified atom stereocenters. The van der Waals surface area contributed by atoms with Crippen molar-refractivity contribution in [1.29, 1.82) is 0 Å². The number of alkyl halides is 1. The molecule has 47 heavy (non-hydrogen) atoms. The van der Waals surface area contributed by atoms with E-state index in [1.165, 1.54) is 24.3 Å². The largest absolute Gasteiger partial charge is 0.370 e. The van der Waals surface area contributed by atoms with Crippen molar-refractivity contribution in [3.05, 3.63) is 83.4 Å². The SMILES string of the molecule is NC(=O)C[C@H](NC(=O)C1(NC(=O)[C@@H](F)Cc2ccc(CP(=O)(O)O)cc2)CCCCC1)C(=O)NCCCc1cccc2ccccc12. The quantitative estimate of drug-likeness (QED) is 0.106. The number of hydrogen-bond acceptors (Lipinski definition) is 5. The minimum absolute atomic E-state index is 0.226. The van der Waals surface area contributed by atoms with Crippen LogP contribution in [0.25, 0.3) is 10.8 Å². The standard InChI is InChI=1S/C34H42FN4O7P/c35-28(20-23-13-15-24(16-14-23)22-47(44,45)46)31(41)39-34(17-4-1-5-18-34)33(43)38-29(21-30(36)40)32(42)37-19-7-11-26-10-6-9-25-8-2-3-12-27(25)26/h2-3,6,8-10,12-16,28-29H,1,4-5,7,11,17-22H2,(H2,36,40)(H,37,42)(H,38,43)(H,39,41)(H2,44,45,46)/t28-,29-/m0/s1. The number of aryl methyl sites for hydroxylation is 1. The number of primary amides is 1. The minimum Gasteiger partial charge on any atom is -0.370 e. The molecule has 1 aliphatic carbocycles. The molecule has 1 fully saturated rings. The number of halogens is 1. The van der Waals surface area contributed by atoms with Gasteiger partial charge in [0.2, 0.25) is 17.7 Å². The van der Waals surface area contributed by atoms with Gasteiger partial charge in [-0.3, -0.25) is 23.7 Å². The summed E-state index contributed by atoms with van der Waals surface area (Å²) in [4.78, 5) is 70.0. The first-order valence-electron chi connectivity index (χ1n) is 15.8. The lowest BCUT2D eigenvalue weighted by atomic mass is 9.80. The average Bonchev–Trinajstić information content (AvgIpc) is 3.03. The zero-order valence-corrected chi connectivity index (χ0v) is 27.0. The number of benzene rings is 3. The molecule has 1 aliphatic rings. The molecule has 252 valence electrons. The van der Waals surface area contributed by atoms with Crippen LogP contribution in [0.5, 0.6) is 0 Å². The van der Waals surface area contributed by atoms with E-state index in [0.29, 0.717) is 43.4 Å². The first kappa shape index (κ1) is 35.7. The van der Waals surface area contributed by atoms with Crippen LogP contribution in [0.2, 0.25) is 0 Å². The van der Waals surface area contributed by atoms with Crippen LogP contribution in [0.15, 0.2) is 66.7 Å². The molecule has 13 heteroatoms. The Morgan fingerprint density at radius 2 is 1.55 bits per heavy atom. The van der Waals surface area contributed by atoms with E-state index in [1.54, 1.807) is 0 Å². The van der Waals surface area contributed by atoms with E-state index in [2.05, 4.69) is 16.0 Å². The number of hydrogen-bond donors (Lipinski definition) is 6. The smallest absolute Gasteiger partial charge is 0.329 e. The van der Waals surface area contributed by atoms with Crippen LogP contribution in [-0.2, 0) is 42.7 Å². The highest BCUT2D eigenvalue weighted by Gasteiger charge is 2.43. The summed E-state index contributed by atoms with van der Waals surface area (Å²) in [6.07, 6.45) is 0.526. The van der Waals surface area contributed by atoms with Crippen molar-refractivity contribution < 1.29 is 37.9 Å². The van der Waals surface area contributed by atoms with Crippen molar-refractivity contribution in [1.82, 2.24) is 16.0 Å². The Balaban J connectivity index is 1.36. The molecular formula is C34H42FN4O7P. The molecule has 4 rings (SSSR count). The molecule has 0 aliphatic heterocycles. The number of carbonyl (C=O) groups is 4. The lowest BCUT2D eigenvalue weighted by Crippen LogP contribution is -2.64. The van der Waals surface area contributed by atoms with Gasteiger partial charge in [0.15, 0.2) is 6.17 Å². The highest BCUT2D eigenvalue weighted by atomic mass is 31.2. The third kappa shape index (κ3) is 10.4. The van der Waals surface area contributed by atoms with E-state index in [1.807, 2.05) is 42.5 Å². The third-order valence-electron chi connectivity index (χ3n) is 8.44. The maximum Gasteiger partial charge on any atom is 0.329 e. The highest BCUT2D eigenvalue weighted by Crippen LogP contribution is 2.39. The monoisotopic (exact) mass is 668 g/mol. The maximum atomic E-state index is 15.2. The molecule has 3 aromatic carbocycles. The van der Waals surface area contributed by atoms with Gasteiger partial charge in [-0.2, -0.15) is 0 Å². The van der Waals surface area contributed by atoms with Crippen molar-refractivity contribution >= 4 is 42.0 Å². The Hall–Kier alpha value is -4.12. The molecule has 0 radical (unpaired) electrons. The summed E-state index contributed by atoms with van der Waals surface area (Å²) >= 11 is 0. The number of fused-ring (bicyclic) bond motifs is 1. The van der Waals surface area contributed by atoms with E-state index in [-0.39, 0.29) is 19.3 Å². The molecule has 0 spiro atoms. The van der Waals surface area contributed by atoms with Crippen molar-refractivity contribution in [3.8, 4) is 0 Å². The summed E-state index contributed by atoms with van der Waals surface area (Å²) in [5.74, 6) is -3.06. The first-order valence-corrected chi connectivity index (χ1v) is 17.6.